The second-order valence-electron chi connectivity index (χ2n) is 7.47. The van der Waals surface area contributed by atoms with E-state index >= 15 is 0 Å². The number of aryl methyl sites for hydroxylation is 1. The van der Waals surface area contributed by atoms with Crippen molar-refractivity contribution in [1.29, 1.82) is 0 Å². The predicted octanol–water partition coefficient (Wildman–Crippen LogP) is 4.01. The molecule has 6 nitrogen and oxygen atoms in total. The zero-order valence-corrected chi connectivity index (χ0v) is 16.9. The largest absolute Gasteiger partial charge is 0.486 e. The number of nitrogens with one attached hydrogen (secondary N) is 1. The highest BCUT2D eigenvalue weighted by Crippen LogP contribution is 2.33. The normalized spacial score (nSPS) is 12.8. The molecule has 1 aliphatic heterocycles. The molecule has 0 saturated carbocycles. The van der Waals surface area contributed by atoms with Crippen molar-refractivity contribution in [2.75, 3.05) is 13.2 Å². The molecule has 1 aliphatic rings. The summed E-state index contributed by atoms with van der Waals surface area (Å²) in [5, 5.41) is 7.50. The van der Waals surface area contributed by atoms with Gasteiger partial charge >= 0.3 is 0 Å². The molecule has 0 fully saturated rings. The van der Waals surface area contributed by atoms with Gasteiger partial charge in [-0.3, -0.25) is 4.79 Å². The Labute approximate surface area is 170 Å². The summed E-state index contributed by atoms with van der Waals surface area (Å²) in [6.07, 6.45) is 1.64. The fourth-order valence-electron chi connectivity index (χ4n) is 3.52. The average molecular weight is 391 g/mol. The maximum absolute atomic E-state index is 13.0. The summed E-state index contributed by atoms with van der Waals surface area (Å²) in [6, 6.07) is 13.8. The summed E-state index contributed by atoms with van der Waals surface area (Å²) < 4.78 is 13.2. The molecule has 6 heteroatoms. The van der Waals surface area contributed by atoms with Gasteiger partial charge in [0.15, 0.2) is 11.5 Å². The van der Waals surface area contributed by atoms with Crippen LogP contribution in [0.25, 0.3) is 5.69 Å². The van der Waals surface area contributed by atoms with Gasteiger partial charge in [-0.05, 0) is 31.0 Å². The van der Waals surface area contributed by atoms with Crippen LogP contribution in [0.15, 0.2) is 48.7 Å². The summed E-state index contributed by atoms with van der Waals surface area (Å²) in [6.45, 7) is 7.59. The zero-order chi connectivity index (χ0) is 20.4. The molecule has 1 amide bonds. The van der Waals surface area contributed by atoms with E-state index in [1.54, 1.807) is 6.20 Å². The molecule has 0 bridgehead atoms. The van der Waals surface area contributed by atoms with Gasteiger partial charge in [0.2, 0.25) is 0 Å². The Balaban J connectivity index is 1.57. The Morgan fingerprint density at radius 1 is 1.14 bits per heavy atom. The number of amides is 1. The molecule has 0 spiro atoms. The molecule has 29 heavy (non-hydrogen) atoms. The summed E-state index contributed by atoms with van der Waals surface area (Å²) in [5.74, 6) is 1.42. The molecule has 3 aromatic rings. The molecule has 0 atom stereocenters. The lowest BCUT2D eigenvalue weighted by atomic mass is 10.0. The fourth-order valence-corrected chi connectivity index (χ4v) is 3.52. The molecule has 1 N–H and O–H groups in total. The molecule has 150 valence electrons. The van der Waals surface area contributed by atoms with Crippen molar-refractivity contribution in [3.8, 4) is 17.2 Å². The Kier molecular flexibility index (Phi) is 5.25. The van der Waals surface area contributed by atoms with Crippen molar-refractivity contribution in [3.63, 3.8) is 0 Å². The van der Waals surface area contributed by atoms with Gasteiger partial charge < -0.3 is 14.8 Å². The molecular formula is C23H25N3O3. The summed E-state index contributed by atoms with van der Waals surface area (Å²) in [7, 11) is 0. The van der Waals surface area contributed by atoms with E-state index < -0.39 is 0 Å². The van der Waals surface area contributed by atoms with Gasteiger partial charge in [0, 0.05) is 12.1 Å². The van der Waals surface area contributed by atoms with E-state index in [0.717, 1.165) is 22.7 Å². The van der Waals surface area contributed by atoms with Crippen molar-refractivity contribution in [3.05, 3.63) is 71.0 Å². The lowest BCUT2D eigenvalue weighted by Gasteiger charge is -2.21. The van der Waals surface area contributed by atoms with Crippen LogP contribution in [0.1, 0.15) is 46.9 Å². The molecular weight excluding hydrogens is 366 g/mol. The predicted molar refractivity (Wildman–Crippen MR) is 111 cm³/mol. The second kappa shape index (κ2) is 7.99. The number of carbonyl (C=O) groups is 1. The van der Waals surface area contributed by atoms with Crippen LogP contribution in [-0.2, 0) is 6.54 Å². The highest BCUT2D eigenvalue weighted by Gasteiger charge is 2.22. The minimum Gasteiger partial charge on any atom is -0.486 e. The zero-order valence-electron chi connectivity index (χ0n) is 16.9. The van der Waals surface area contributed by atoms with Gasteiger partial charge in [0.1, 0.15) is 13.2 Å². The van der Waals surface area contributed by atoms with Crippen LogP contribution < -0.4 is 14.8 Å². The number of nitrogens with zero attached hydrogens (tertiary/aromatic N) is 2. The topological polar surface area (TPSA) is 65.4 Å². The van der Waals surface area contributed by atoms with Crippen LogP contribution in [0.2, 0.25) is 0 Å². The van der Waals surface area contributed by atoms with Gasteiger partial charge in [0.05, 0.1) is 23.1 Å². The molecule has 0 aliphatic carbocycles. The first-order chi connectivity index (χ1) is 14.0. The third kappa shape index (κ3) is 3.83. The third-order valence-electron chi connectivity index (χ3n) is 4.96. The summed E-state index contributed by atoms with van der Waals surface area (Å²) >= 11 is 0. The molecule has 0 saturated heterocycles. The highest BCUT2D eigenvalue weighted by atomic mass is 16.6. The van der Waals surface area contributed by atoms with Crippen molar-refractivity contribution in [2.45, 2.75) is 33.2 Å². The number of aromatic nitrogens is 2. The average Bonchev–Trinajstić information content (AvgIpc) is 3.18. The standard InChI is InChI=1S/C23H25N3O3/c1-15(2)21-19(14-25-26(21)18-9-7-16(3)8-10-18)23(27)24-13-17-5-4-6-20-22(17)29-12-11-28-20/h4-10,14-15H,11-13H2,1-3H3,(H,24,27). The number of para-hydroxylation sites is 1. The van der Waals surface area contributed by atoms with Gasteiger partial charge in [0.25, 0.3) is 5.91 Å². The first-order valence-corrected chi connectivity index (χ1v) is 9.85. The molecule has 2 aromatic carbocycles. The fraction of sp³-hybridized carbons (Fsp3) is 0.304. The quantitative estimate of drug-likeness (QED) is 0.714. The number of rotatable bonds is 5. The minimum absolute atomic E-state index is 0.140. The van der Waals surface area contributed by atoms with Crippen LogP contribution in [0.3, 0.4) is 0 Å². The van der Waals surface area contributed by atoms with E-state index in [-0.39, 0.29) is 11.8 Å². The van der Waals surface area contributed by atoms with E-state index in [2.05, 4.69) is 24.3 Å². The van der Waals surface area contributed by atoms with Crippen LogP contribution in [-0.4, -0.2) is 28.9 Å². The van der Waals surface area contributed by atoms with E-state index in [1.807, 2.05) is 54.1 Å². The first kappa shape index (κ1) is 19.1. The van der Waals surface area contributed by atoms with Crippen LogP contribution in [0, 0.1) is 6.92 Å². The van der Waals surface area contributed by atoms with E-state index in [0.29, 0.717) is 31.1 Å². The van der Waals surface area contributed by atoms with Crippen molar-refractivity contribution in [1.82, 2.24) is 15.1 Å². The van der Waals surface area contributed by atoms with Crippen LogP contribution in [0.4, 0.5) is 0 Å². The minimum atomic E-state index is -0.151. The molecule has 0 radical (unpaired) electrons. The lowest BCUT2D eigenvalue weighted by Crippen LogP contribution is -2.25. The number of carbonyl (C=O) groups excluding carboxylic acids is 1. The Bertz CT molecular complexity index is 1020. The smallest absolute Gasteiger partial charge is 0.255 e. The number of hydrogen-bond donors (Lipinski definition) is 1. The lowest BCUT2D eigenvalue weighted by molar-refractivity contribution is 0.0948. The first-order valence-electron chi connectivity index (χ1n) is 9.85. The Morgan fingerprint density at radius 2 is 1.90 bits per heavy atom. The molecule has 1 aromatic heterocycles. The van der Waals surface area contributed by atoms with Gasteiger partial charge in [-0.1, -0.05) is 43.7 Å². The van der Waals surface area contributed by atoms with Crippen molar-refractivity contribution >= 4 is 5.91 Å². The highest BCUT2D eigenvalue weighted by molar-refractivity contribution is 5.95. The van der Waals surface area contributed by atoms with E-state index in [1.165, 1.54) is 5.56 Å². The SMILES string of the molecule is Cc1ccc(-n2ncc(C(=O)NCc3cccc4c3OCCO4)c2C(C)C)cc1. The van der Waals surface area contributed by atoms with Crippen molar-refractivity contribution in [2.24, 2.45) is 0 Å². The number of benzene rings is 2. The van der Waals surface area contributed by atoms with Crippen LogP contribution >= 0.6 is 0 Å². The van der Waals surface area contributed by atoms with Gasteiger partial charge in [-0.2, -0.15) is 5.10 Å². The summed E-state index contributed by atoms with van der Waals surface area (Å²) in [4.78, 5) is 13.0. The number of fused-ring (bicyclic) bond motifs is 1. The number of hydrogen-bond acceptors (Lipinski definition) is 4. The maximum atomic E-state index is 13.0. The molecule has 0 unspecified atom stereocenters. The van der Waals surface area contributed by atoms with E-state index in [4.69, 9.17) is 9.47 Å². The summed E-state index contributed by atoms with van der Waals surface area (Å²) in [5.41, 5.74) is 4.50. The van der Waals surface area contributed by atoms with Gasteiger partial charge in [-0.25, -0.2) is 4.68 Å². The van der Waals surface area contributed by atoms with Crippen LogP contribution in [0.5, 0.6) is 11.5 Å². The molecule has 4 rings (SSSR count). The Morgan fingerprint density at radius 3 is 2.66 bits per heavy atom. The molecule has 2 heterocycles. The maximum Gasteiger partial charge on any atom is 0.255 e. The van der Waals surface area contributed by atoms with Crippen molar-refractivity contribution < 1.29 is 14.3 Å². The monoisotopic (exact) mass is 391 g/mol. The van der Waals surface area contributed by atoms with Gasteiger partial charge in [-0.15, -0.1) is 0 Å². The number of ether oxygens (including phenoxy) is 2. The van der Waals surface area contributed by atoms with E-state index in [9.17, 15) is 4.79 Å². The third-order valence-corrected chi connectivity index (χ3v) is 4.96. The Hall–Kier alpha value is -3.28. The second-order valence-corrected chi connectivity index (χ2v) is 7.47.